The lowest BCUT2D eigenvalue weighted by molar-refractivity contribution is -0.138. The molecule has 0 fully saturated rings. The molecule has 110 valence electrons. The van der Waals surface area contributed by atoms with Crippen LogP contribution >= 0.6 is 0 Å². The smallest absolute Gasteiger partial charge is 0.333 e. The Hall–Kier alpha value is -1.97. The van der Waals surface area contributed by atoms with Gasteiger partial charge in [0.1, 0.15) is 11.5 Å². The van der Waals surface area contributed by atoms with Crippen molar-refractivity contribution in [3.05, 3.63) is 29.3 Å². The Kier molecular flexibility index (Phi) is 6.64. The lowest BCUT2D eigenvalue weighted by atomic mass is 10.1. The Morgan fingerprint density at radius 3 is 2.60 bits per heavy atom. The largest absolute Gasteiger partial charge is 0.497 e. The van der Waals surface area contributed by atoms with E-state index < -0.39 is 0 Å². The quantitative estimate of drug-likeness (QED) is 0.435. The molecule has 4 heteroatoms. The van der Waals surface area contributed by atoms with Crippen molar-refractivity contribution in [2.45, 2.75) is 26.7 Å². The van der Waals surface area contributed by atoms with Crippen LogP contribution in [0.15, 0.2) is 23.8 Å². The third-order valence-electron chi connectivity index (χ3n) is 2.86. The van der Waals surface area contributed by atoms with Crippen LogP contribution in [0.4, 0.5) is 0 Å². The summed E-state index contributed by atoms with van der Waals surface area (Å²) in [6.45, 7) is 4.24. The highest BCUT2D eigenvalue weighted by Gasteiger charge is 2.08. The van der Waals surface area contributed by atoms with Crippen LogP contribution in [0.2, 0.25) is 0 Å². The van der Waals surface area contributed by atoms with Crippen molar-refractivity contribution in [1.29, 1.82) is 0 Å². The molecule has 0 heterocycles. The summed E-state index contributed by atoms with van der Waals surface area (Å²) in [6, 6.07) is 5.44. The zero-order valence-electron chi connectivity index (χ0n) is 12.6. The van der Waals surface area contributed by atoms with Gasteiger partial charge in [-0.15, -0.1) is 0 Å². The Balaban J connectivity index is 2.88. The SMILES string of the molecule is CCCCOC(=O)/C(C)=C/c1cc(OC)ccc1OC. The van der Waals surface area contributed by atoms with Crippen molar-refractivity contribution >= 4 is 12.0 Å². The molecule has 0 amide bonds. The number of rotatable bonds is 7. The summed E-state index contributed by atoms with van der Waals surface area (Å²) in [4.78, 5) is 11.8. The topological polar surface area (TPSA) is 44.8 Å². The number of benzene rings is 1. The van der Waals surface area contributed by atoms with E-state index in [0.29, 0.717) is 23.7 Å². The minimum Gasteiger partial charge on any atom is -0.497 e. The van der Waals surface area contributed by atoms with Crippen LogP contribution in [0.1, 0.15) is 32.3 Å². The molecule has 0 saturated heterocycles. The molecule has 0 aliphatic heterocycles. The van der Waals surface area contributed by atoms with E-state index in [-0.39, 0.29) is 5.97 Å². The minimum absolute atomic E-state index is 0.302. The van der Waals surface area contributed by atoms with Gasteiger partial charge in [-0.2, -0.15) is 0 Å². The van der Waals surface area contributed by atoms with Crippen LogP contribution in [-0.2, 0) is 9.53 Å². The van der Waals surface area contributed by atoms with Gasteiger partial charge in [0, 0.05) is 11.1 Å². The van der Waals surface area contributed by atoms with E-state index in [0.717, 1.165) is 18.4 Å². The van der Waals surface area contributed by atoms with E-state index >= 15 is 0 Å². The zero-order chi connectivity index (χ0) is 15.0. The monoisotopic (exact) mass is 278 g/mol. The van der Waals surface area contributed by atoms with E-state index in [1.165, 1.54) is 0 Å². The van der Waals surface area contributed by atoms with Gasteiger partial charge in [-0.1, -0.05) is 13.3 Å². The van der Waals surface area contributed by atoms with Crippen molar-refractivity contribution in [2.24, 2.45) is 0 Å². The van der Waals surface area contributed by atoms with E-state index in [1.54, 1.807) is 33.3 Å². The molecule has 0 aliphatic rings. The maximum atomic E-state index is 11.8. The molecule has 0 atom stereocenters. The van der Waals surface area contributed by atoms with E-state index in [4.69, 9.17) is 14.2 Å². The molecule has 0 aliphatic carbocycles. The van der Waals surface area contributed by atoms with Gasteiger partial charge in [0.15, 0.2) is 0 Å². The first-order chi connectivity index (χ1) is 9.62. The highest BCUT2D eigenvalue weighted by Crippen LogP contribution is 2.26. The van der Waals surface area contributed by atoms with Gasteiger partial charge >= 0.3 is 5.97 Å². The summed E-state index contributed by atoms with van der Waals surface area (Å²) in [7, 11) is 3.19. The molecular formula is C16H22O4. The van der Waals surface area contributed by atoms with Gasteiger partial charge in [0.05, 0.1) is 20.8 Å². The summed E-state index contributed by atoms with van der Waals surface area (Å²) in [5.74, 6) is 1.10. The number of hydrogen-bond acceptors (Lipinski definition) is 4. The molecule has 0 N–H and O–H groups in total. The van der Waals surface area contributed by atoms with Crippen LogP contribution in [0, 0.1) is 0 Å². The molecular weight excluding hydrogens is 256 g/mol. The highest BCUT2D eigenvalue weighted by molar-refractivity contribution is 5.93. The van der Waals surface area contributed by atoms with E-state index in [1.807, 2.05) is 12.1 Å². The molecule has 1 aromatic rings. The van der Waals surface area contributed by atoms with Gasteiger partial charge in [-0.25, -0.2) is 4.79 Å². The minimum atomic E-state index is -0.302. The summed E-state index contributed by atoms with van der Waals surface area (Å²) in [6.07, 6.45) is 3.62. The molecule has 0 bridgehead atoms. The van der Waals surface area contributed by atoms with Crippen molar-refractivity contribution in [3.63, 3.8) is 0 Å². The Morgan fingerprint density at radius 2 is 2.00 bits per heavy atom. The van der Waals surface area contributed by atoms with Gasteiger partial charge in [0.25, 0.3) is 0 Å². The third-order valence-corrected chi connectivity index (χ3v) is 2.86. The number of carbonyl (C=O) groups is 1. The fraction of sp³-hybridized carbons (Fsp3) is 0.438. The van der Waals surface area contributed by atoms with Gasteiger partial charge in [-0.3, -0.25) is 0 Å². The maximum absolute atomic E-state index is 11.8. The number of ether oxygens (including phenoxy) is 3. The molecule has 0 radical (unpaired) electrons. The summed E-state index contributed by atoms with van der Waals surface area (Å²) in [5.41, 5.74) is 1.32. The Morgan fingerprint density at radius 1 is 1.25 bits per heavy atom. The van der Waals surface area contributed by atoms with Crippen LogP contribution < -0.4 is 9.47 Å². The Bertz CT molecular complexity index is 477. The number of carbonyl (C=O) groups excluding carboxylic acids is 1. The normalized spacial score (nSPS) is 11.1. The molecule has 1 rings (SSSR count). The standard InChI is InChI=1S/C16H22O4/c1-5-6-9-20-16(17)12(2)10-13-11-14(18-3)7-8-15(13)19-4/h7-8,10-11H,5-6,9H2,1-4H3/b12-10+. The third kappa shape index (κ3) is 4.61. The molecule has 0 saturated carbocycles. The fourth-order valence-electron chi connectivity index (χ4n) is 1.67. The van der Waals surface area contributed by atoms with Crippen LogP contribution in [0.25, 0.3) is 6.08 Å². The summed E-state index contributed by atoms with van der Waals surface area (Å²) in [5, 5.41) is 0. The van der Waals surface area contributed by atoms with Gasteiger partial charge < -0.3 is 14.2 Å². The zero-order valence-corrected chi connectivity index (χ0v) is 12.6. The van der Waals surface area contributed by atoms with Crippen molar-refractivity contribution < 1.29 is 19.0 Å². The number of esters is 1. The molecule has 4 nitrogen and oxygen atoms in total. The Labute approximate surface area is 120 Å². The summed E-state index contributed by atoms with van der Waals surface area (Å²) >= 11 is 0. The molecule has 0 spiro atoms. The van der Waals surface area contributed by atoms with Crippen molar-refractivity contribution in [3.8, 4) is 11.5 Å². The predicted molar refractivity (Wildman–Crippen MR) is 79.1 cm³/mol. The predicted octanol–water partition coefficient (Wildman–Crippen LogP) is 3.45. The molecule has 1 aromatic carbocycles. The number of hydrogen-bond donors (Lipinski definition) is 0. The van der Waals surface area contributed by atoms with Crippen molar-refractivity contribution in [2.75, 3.05) is 20.8 Å². The van der Waals surface area contributed by atoms with E-state index in [9.17, 15) is 4.79 Å². The maximum Gasteiger partial charge on any atom is 0.333 e. The fourth-order valence-corrected chi connectivity index (χ4v) is 1.67. The lowest BCUT2D eigenvalue weighted by Gasteiger charge is -2.09. The van der Waals surface area contributed by atoms with Crippen LogP contribution in [-0.4, -0.2) is 26.8 Å². The second-order valence-corrected chi connectivity index (χ2v) is 4.42. The van der Waals surface area contributed by atoms with Gasteiger partial charge in [-0.05, 0) is 37.6 Å². The highest BCUT2D eigenvalue weighted by atomic mass is 16.5. The molecule has 0 aromatic heterocycles. The van der Waals surface area contributed by atoms with Crippen molar-refractivity contribution in [1.82, 2.24) is 0 Å². The second-order valence-electron chi connectivity index (χ2n) is 4.42. The van der Waals surface area contributed by atoms with Crippen LogP contribution in [0.3, 0.4) is 0 Å². The average Bonchev–Trinajstić information content (AvgIpc) is 2.47. The second kappa shape index (κ2) is 8.25. The first kappa shape index (κ1) is 16.1. The first-order valence-corrected chi connectivity index (χ1v) is 6.69. The van der Waals surface area contributed by atoms with E-state index in [2.05, 4.69) is 6.92 Å². The molecule has 0 unspecified atom stereocenters. The number of methoxy groups -OCH3 is 2. The first-order valence-electron chi connectivity index (χ1n) is 6.69. The molecule has 20 heavy (non-hydrogen) atoms. The van der Waals surface area contributed by atoms with Crippen LogP contribution in [0.5, 0.6) is 11.5 Å². The number of unbranched alkanes of at least 4 members (excludes halogenated alkanes) is 1. The lowest BCUT2D eigenvalue weighted by Crippen LogP contribution is -2.06. The van der Waals surface area contributed by atoms with Gasteiger partial charge in [0.2, 0.25) is 0 Å². The average molecular weight is 278 g/mol. The summed E-state index contributed by atoms with van der Waals surface area (Å²) < 4.78 is 15.6.